The molecule has 0 N–H and O–H groups in total. The van der Waals surface area contributed by atoms with Gasteiger partial charge in [0, 0.05) is 20.0 Å². The molecule has 0 fully saturated rings. The van der Waals surface area contributed by atoms with E-state index in [0.29, 0.717) is 0 Å². The van der Waals surface area contributed by atoms with Gasteiger partial charge in [-0.2, -0.15) is 0 Å². The zero-order valence-electron chi connectivity index (χ0n) is 20.7. The Labute approximate surface area is 234 Å². The van der Waals surface area contributed by atoms with Crippen molar-refractivity contribution in [2.75, 3.05) is 0 Å². The number of unbranched alkanes of at least 4 members (excludes halogenated alkanes) is 6. The highest BCUT2D eigenvalue weighted by Crippen LogP contribution is 2.19. The quantitative estimate of drug-likeness (QED) is 0.100. The summed E-state index contributed by atoms with van der Waals surface area (Å²) in [5.41, 5.74) is 2.40. The van der Waals surface area contributed by atoms with E-state index in [4.69, 9.17) is 9.47 Å². The van der Waals surface area contributed by atoms with Crippen LogP contribution in [0.3, 0.4) is 0 Å². The Morgan fingerprint density at radius 2 is 1.03 bits per heavy atom. The maximum atomic E-state index is 12.9. The lowest BCUT2D eigenvalue weighted by atomic mass is 10.0. The summed E-state index contributed by atoms with van der Waals surface area (Å²) >= 11 is 4.63. The number of rotatable bonds is 16. The molecule has 0 heterocycles. The van der Waals surface area contributed by atoms with Gasteiger partial charge in [0.1, 0.15) is 12.2 Å². The first-order valence-corrected chi connectivity index (χ1v) is 15.0. The molecular weight excluding hydrogens is 650 g/mol. The van der Waals surface area contributed by atoms with Crippen molar-refractivity contribution in [2.24, 2.45) is 0 Å². The van der Waals surface area contributed by atoms with E-state index in [9.17, 15) is 4.79 Å². The molecule has 188 valence electrons. The normalized spacial score (nSPS) is 12.8. The predicted molar refractivity (Wildman–Crippen MR) is 158 cm³/mol. The summed E-state index contributed by atoms with van der Waals surface area (Å²) in [5.74, 6) is 0. The molecule has 34 heavy (non-hydrogen) atoms. The number of benzene rings is 2. The van der Waals surface area contributed by atoms with Gasteiger partial charge in [-0.1, -0.05) is 76.6 Å². The fourth-order valence-electron chi connectivity index (χ4n) is 4.07. The predicted octanol–water partition coefficient (Wildman–Crippen LogP) is 9.51. The van der Waals surface area contributed by atoms with Crippen molar-refractivity contribution in [1.82, 2.24) is 0 Å². The SMILES string of the molecule is CCCCCCC(Cc1ccc(I)cc1)OC(=O)OC(CCCCCC)Cc1ccc(I)cc1. The molecule has 2 aromatic carbocycles. The lowest BCUT2D eigenvalue weighted by Crippen LogP contribution is -2.26. The topological polar surface area (TPSA) is 35.5 Å². The van der Waals surface area contributed by atoms with Crippen LogP contribution in [0, 0.1) is 7.14 Å². The van der Waals surface area contributed by atoms with E-state index >= 15 is 0 Å². The van der Waals surface area contributed by atoms with Gasteiger partial charge in [0.05, 0.1) is 0 Å². The molecule has 3 nitrogen and oxygen atoms in total. The zero-order chi connectivity index (χ0) is 24.6. The summed E-state index contributed by atoms with van der Waals surface area (Å²) in [6.45, 7) is 4.43. The average molecular weight is 690 g/mol. The fraction of sp³-hybridized carbons (Fsp3) is 0.552. The summed E-state index contributed by atoms with van der Waals surface area (Å²) in [6, 6.07) is 16.9. The average Bonchev–Trinajstić information content (AvgIpc) is 2.82. The van der Waals surface area contributed by atoms with Crippen LogP contribution >= 0.6 is 45.2 Å². The van der Waals surface area contributed by atoms with Crippen molar-refractivity contribution < 1.29 is 14.3 Å². The van der Waals surface area contributed by atoms with Gasteiger partial charge in [-0.25, -0.2) is 4.79 Å². The Morgan fingerprint density at radius 3 is 1.38 bits per heavy atom. The number of carbonyl (C=O) groups is 1. The monoisotopic (exact) mass is 690 g/mol. The molecule has 0 radical (unpaired) electrons. The summed E-state index contributed by atoms with van der Waals surface area (Å²) in [5, 5.41) is 0. The van der Waals surface area contributed by atoms with Crippen molar-refractivity contribution in [2.45, 2.75) is 103 Å². The summed E-state index contributed by atoms with van der Waals surface area (Å²) in [4.78, 5) is 12.9. The molecule has 0 bridgehead atoms. The molecule has 2 rings (SSSR count). The van der Waals surface area contributed by atoms with Crippen LogP contribution in [0.25, 0.3) is 0 Å². The highest BCUT2D eigenvalue weighted by molar-refractivity contribution is 14.1. The molecule has 0 spiro atoms. The standard InChI is InChI=1S/C29H40I2O3/c1-3-5-7-9-11-27(21-23-13-17-25(30)18-14-23)33-29(32)34-28(12-10-8-6-4-2)22-24-15-19-26(31)20-16-24/h13-20,27-28H,3-12,21-22H2,1-2H3. The fourth-order valence-corrected chi connectivity index (χ4v) is 4.79. The second-order valence-electron chi connectivity index (χ2n) is 9.09. The smallest absolute Gasteiger partial charge is 0.431 e. The maximum absolute atomic E-state index is 12.9. The van der Waals surface area contributed by atoms with Crippen LogP contribution in [0.1, 0.15) is 89.2 Å². The number of hydrogen-bond donors (Lipinski definition) is 0. The zero-order valence-corrected chi connectivity index (χ0v) is 25.1. The third kappa shape index (κ3) is 12.8. The van der Waals surface area contributed by atoms with Crippen molar-refractivity contribution in [3.8, 4) is 0 Å². The van der Waals surface area contributed by atoms with E-state index in [1.165, 1.54) is 56.8 Å². The molecule has 2 unspecified atom stereocenters. The van der Waals surface area contributed by atoms with Crippen LogP contribution in [0.4, 0.5) is 4.79 Å². The third-order valence-corrected chi connectivity index (χ3v) is 7.48. The van der Waals surface area contributed by atoms with Gasteiger partial charge in [-0.15, -0.1) is 0 Å². The van der Waals surface area contributed by atoms with Gasteiger partial charge >= 0.3 is 6.16 Å². The lowest BCUT2D eigenvalue weighted by molar-refractivity contribution is -0.00659. The van der Waals surface area contributed by atoms with Crippen LogP contribution in [0.15, 0.2) is 48.5 Å². The van der Waals surface area contributed by atoms with Crippen LogP contribution < -0.4 is 0 Å². The first kappa shape index (κ1) is 29.4. The Bertz CT molecular complexity index is 738. The van der Waals surface area contributed by atoms with Crippen molar-refractivity contribution in [3.63, 3.8) is 0 Å². The maximum Gasteiger partial charge on any atom is 0.508 e. The summed E-state index contributed by atoms with van der Waals surface area (Å²) in [6.07, 6.45) is 11.7. The van der Waals surface area contributed by atoms with Gasteiger partial charge in [-0.05, 0) is 106 Å². The van der Waals surface area contributed by atoms with Crippen LogP contribution in [0.5, 0.6) is 0 Å². The number of ether oxygens (including phenoxy) is 2. The molecule has 0 aliphatic carbocycles. The number of halogens is 2. The van der Waals surface area contributed by atoms with Crippen LogP contribution in [0.2, 0.25) is 0 Å². The minimum absolute atomic E-state index is 0.150. The summed E-state index contributed by atoms with van der Waals surface area (Å²) in [7, 11) is 0. The van der Waals surface area contributed by atoms with Crippen LogP contribution in [-0.2, 0) is 22.3 Å². The van der Waals surface area contributed by atoms with E-state index in [1.54, 1.807) is 0 Å². The first-order valence-electron chi connectivity index (χ1n) is 12.9. The Morgan fingerprint density at radius 1 is 0.647 bits per heavy atom. The second kappa shape index (κ2) is 17.6. The van der Waals surface area contributed by atoms with E-state index in [1.807, 2.05) is 0 Å². The highest BCUT2D eigenvalue weighted by Gasteiger charge is 2.21. The van der Waals surface area contributed by atoms with Gasteiger partial charge in [0.25, 0.3) is 0 Å². The molecule has 5 heteroatoms. The molecule has 2 atom stereocenters. The molecule has 0 aromatic heterocycles. The van der Waals surface area contributed by atoms with E-state index < -0.39 is 6.16 Å². The number of carbonyl (C=O) groups excluding carboxylic acids is 1. The molecule has 2 aromatic rings. The van der Waals surface area contributed by atoms with Gasteiger partial charge < -0.3 is 9.47 Å². The largest absolute Gasteiger partial charge is 0.508 e. The third-order valence-electron chi connectivity index (χ3n) is 6.04. The second-order valence-corrected chi connectivity index (χ2v) is 11.6. The molecule has 0 aliphatic rings. The van der Waals surface area contributed by atoms with Gasteiger partial charge in [0.2, 0.25) is 0 Å². The molecule has 0 aliphatic heterocycles. The van der Waals surface area contributed by atoms with E-state index in [0.717, 1.165) is 38.5 Å². The van der Waals surface area contributed by atoms with E-state index in [2.05, 4.69) is 108 Å². The Balaban J connectivity index is 1.98. The van der Waals surface area contributed by atoms with Crippen LogP contribution in [-0.4, -0.2) is 18.4 Å². The summed E-state index contributed by atoms with van der Waals surface area (Å²) < 4.78 is 14.3. The van der Waals surface area contributed by atoms with Crippen molar-refractivity contribution in [3.05, 3.63) is 66.8 Å². The van der Waals surface area contributed by atoms with Gasteiger partial charge in [-0.3, -0.25) is 0 Å². The first-order chi connectivity index (χ1) is 16.5. The van der Waals surface area contributed by atoms with E-state index in [-0.39, 0.29) is 12.2 Å². The molecule has 0 saturated carbocycles. The Hall–Kier alpha value is -0.830. The molecular formula is C29H40I2O3. The number of hydrogen-bond acceptors (Lipinski definition) is 3. The Kier molecular flexibility index (Phi) is 15.2. The minimum atomic E-state index is -0.517. The van der Waals surface area contributed by atoms with Crippen molar-refractivity contribution in [1.29, 1.82) is 0 Å². The van der Waals surface area contributed by atoms with Crippen molar-refractivity contribution >= 4 is 51.3 Å². The minimum Gasteiger partial charge on any atom is -0.431 e. The lowest BCUT2D eigenvalue weighted by Gasteiger charge is -2.22. The van der Waals surface area contributed by atoms with Gasteiger partial charge in [0.15, 0.2) is 0 Å². The highest BCUT2D eigenvalue weighted by atomic mass is 127. The molecule has 0 saturated heterocycles. The molecule has 0 amide bonds.